The fraction of sp³-hybridized carbons (Fsp3) is 0.308. The molecule has 0 spiro atoms. The molecule has 0 aliphatic heterocycles. The molecule has 0 saturated carbocycles. The molecule has 0 heterocycles. The lowest BCUT2D eigenvalue weighted by atomic mass is 10.2. The van der Waals surface area contributed by atoms with Crippen molar-refractivity contribution >= 4 is 5.91 Å². The lowest BCUT2D eigenvalue weighted by molar-refractivity contribution is 0.0958. The Bertz CT molecular complexity index is 343. The molecule has 0 aliphatic carbocycles. The van der Waals surface area contributed by atoms with Gasteiger partial charge in [-0.05, 0) is 30.7 Å². The van der Waals surface area contributed by atoms with E-state index in [1.807, 2.05) is 0 Å². The fourth-order valence-corrected chi connectivity index (χ4v) is 1.19. The van der Waals surface area contributed by atoms with E-state index in [1.54, 1.807) is 30.3 Å². The highest BCUT2D eigenvalue weighted by Gasteiger charge is 2.03. The molecule has 3 nitrogen and oxygen atoms in total. The molecule has 0 unspecified atom stereocenters. The third kappa shape index (κ3) is 3.77. The fourth-order valence-electron chi connectivity index (χ4n) is 1.19. The first-order valence-corrected chi connectivity index (χ1v) is 5.40. The molecule has 1 aromatic rings. The van der Waals surface area contributed by atoms with E-state index in [1.165, 1.54) is 0 Å². The standard InChI is InChI=1S/C13H17NO2/c1-3-9-14-13(15)11-5-7-12(8-6-11)16-10-4-2/h3,5-8H,1,4,9-10H2,2H3,(H,14,15). The van der Waals surface area contributed by atoms with Crippen molar-refractivity contribution in [1.82, 2.24) is 5.32 Å². The molecular formula is C13H17NO2. The van der Waals surface area contributed by atoms with E-state index in [4.69, 9.17) is 4.74 Å². The van der Waals surface area contributed by atoms with E-state index in [9.17, 15) is 4.79 Å². The Balaban J connectivity index is 2.56. The maximum Gasteiger partial charge on any atom is 0.251 e. The van der Waals surface area contributed by atoms with Crippen LogP contribution in [0.25, 0.3) is 0 Å². The van der Waals surface area contributed by atoms with Crippen LogP contribution in [-0.2, 0) is 0 Å². The summed E-state index contributed by atoms with van der Waals surface area (Å²) in [6.45, 7) is 6.77. The number of nitrogens with one attached hydrogen (secondary N) is 1. The molecular weight excluding hydrogens is 202 g/mol. The predicted molar refractivity (Wildman–Crippen MR) is 64.8 cm³/mol. The summed E-state index contributed by atoms with van der Waals surface area (Å²) in [5.41, 5.74) is 0.630. The second-order valence-electron chi connectivity index (χ2n) is 3.37. The van der Waals surface area contributed by atoms with Crippen LogP contribution in [0.2, 0.25) is 0 Å². The molecule has 0 bridgehead atoms. The topological polar surface area (TPSA) is 38.3 Å². The van der Waals surface area contributed by atoms with Crippen LogP contribution in [0.1, 0.15) is 23.7 Å². The Morgan fingerprint density at radius 1 is 1.44 bits per heavy atom. The van der Waals surface area contributed by atoms with Crippen molar-refractivity contribution in [3.63, 3.8) is 0 Å². The first-order chi connectivity index (χ1) is 7.77. The van der Waals surface area contributed by atoms with Crippen LogP contribution in [0.5, 0.6) is 5.75 Å². The largest absolute Gasteiger partial charge is 0.494 e. The van der Waals surface area contributed by atoms with Gasteiger partial charge in [-0.15, -0.1) is 6.58 Å². The number of carbonyl (C=O) groups is 1. The molecule has 0 aromatic heterocycles. The Morgan fingerprint density at radius 2 is 2.12 bits per heavy atom. The summed E-state index contributed by atoms with van der Waals surface area (Å²) in [5.74, 6) is 0.698. The van der Waals surface area contributed by atoms with Gasteiger partial charge in [0.05, 0.1) is 6.61 Å². The van der Waals surface area contributed by atoms with Gasteiger partial charge < -0.3 is 10.1 Å². The van der Waals surface area contributed by atoms with Crippen LogP contribution in [0.4, 0.5) is 0 Å². The van der Waals surface area contributed by atoms with Crippen molar-refractivity contribution in [1.29, 1.82) is 0 Å². The van der Waals surface area contributed by atoms with Gasteiger partial charge in [0, 0.05) is 12.1 Å². The molecule has 1 amide bonds. The van der Waals surface area contributed by atoms with Gasteiger partial charge in [0.1, 0.15) is 5.75 Å². The van der Waals surface area contributed by atoms with Crippen LogP contribution >= 0.6 is 0 Å². The molecule has 0 atom stereocenters. The summed E-state index contributed by atoms with van der Waals surface area (Å²) < 4.78 is 5.42. The number of rotatable bonds is 6. The summed E-state index contributed by atoms with van der Waals surface area (Å²) in [5, 5.41) is 2.71. The van der Waals surface area contributed by atoms with Crippen LogP contribution in [0.3, 0.4) is 0 Å². The van der Waals surface area contributed by atoms with Crippen LogP contribution in [-0.4, -0.2) is 19.1 Å². The van der Waals surface area contributed by atoms with Crippen LogP contribution < -0.4 is 10.1 Å². The van der Waals surface area contributed by atoms with E-state index >= 15 is 0 Å². The van der Waals surface area contributed by atoms with Crippen molar-refractivity contribution in [2.24, 2.45) is 0 Å². The zero-order valence-corrected chi connectivity index (χ0v) is 9.53. The number of benzene rings is 1. The van der Waals surface area contributed by atoms with Gasteiger partial charge in [-0.1, -0.05) is 13.0 Å². The zero-order chi connectivity index (χ0) is 11.8. The second-order valence-corrected chi connectivity index (χ2v) is 3.37. The molecule has 1 rings (SSSR count). The van der Waals surface area contributed by atoms with Gasteiger partial charge in [-0.3, -0.25) is 4.79 Å². The number of hydrogen-bond donors (Lipinski definition) is 1. The van der Waals surface area contributed by atoms with Crippen LogP contribution in [0.15, 0.2) is 36.9 Å². The summed E-state index contributed by atoms with van der Waals surface area (Å²) in [6, 6.07) is 7.11. The Kier molecular flexibility index (Phi) is 5.12. The summed E-state index contributed by atoms with van der Waals surface area (Å²) in [7, 11) is 0. The normalized spacial score (nSPS) is 9.56. The SMILES string of the molecule is C=CCNC(=O)c1ccc(OCCC)cc1. The first-order valence-electron chi connectivity index (χ1n) is 5.40. The van der Waals surface area contributed by atoms with Gasteiger partial charge in [0.25, 0.3) is 5.91 Å². The zero-order valence-electron chi connectivity index (χ0n) is 9.53. The third-order valence-corrected chi connectivity index (χ3v) is 2.00. The average Bonchev–Trinajstić information content (AvgIpc) is 2.34. The molecule has 0 fully saturated rings. The minimum Gasteiger partial charge on any atom is -0.494 e. The summed E-state index contributed by atoms with van der Waals surface area (Å²) >= 11 is 0. The summed E-state index contributed by atoms with van der Waals surface area (Å²) in [4.78, 5) is 11.5. The highest BCUT2D eigenvalue weighted by Crippen LogP contribution is 2.12. The van der Waals surface area contributed by atoms with E-state index in [2.05, 4.69) is 18.8 Å². The number of hydrogen-bond acceptors (Lipinski definition) is 2. The maximum absolute atomic E-state index is 11.5. The predicted octanol–water partition coefficient (Wildman–Crippen LogP) is 2.39. The lowest BCUT2D eigenvalue weighted by Crippen LogP contribution is -2.22. The van der Waals surface area contributed by atoms with Gasteiger partial charge in [0.2, 0.25) is 0 Å². The maximum atomic E-state index is 11.5. The second kappa shape index (κ2) is 6.67. The molecule has 86 valence electrons. The van der Waals surface area contributed by atoms with Crippen molar-refractivity contribution < 1.29 is 9.53 Å². The molecule has 0 radical (unpaired) electrons. The lowest BCUT2D eigenvalue weighted by Gasteiger charge is -2.05. The molecule has 16 heavy (non-hydrogen) atoms. The van der Waals surface area contributed by atoms with E-state index < -0.39 is 0 Å². The van der Waals surface area contributed by atoms with E-state index in [-0.39, 0.29) is 5.91 Å². The quantitative estimate of drug-likeness (QED) is 0.746. The van der Waals surface area contributed by atoms with Crippen LogP contribution in [0, 0.1) is 0 Å². The molecule has 1 N–H and O–H groups in total. The Labute approximate surface area is 96.1 Å². The number of amides is 1. The molecule has 3 heteroatoms. The van der Waals surface area contributed by atoms with E-state index in [0.29, 0.717) is 18.7 Å². The Hall–Kier alpha value is -1.77. The minimum absolute atomic E-state index is 0.0954. The smallest absolute Gasteiger partial charge is 0.251 e. The van der Waals surface area contributed by atoms with Crippen molar-refractivity contribution in [3.8, 4) is 5.75 Å². The number of ether oxygens (including phenoxy) is 1. The third-order valence-electron chi connectivity index (χ3n) is 2.00. The van der Waals surface area contributed by atoms with Gasteiger partial charge in [-0.2, -0.15) is 0 Å². The molecule has 1 aromatic carbocycles. The van der Waals surface area contributed by atoms with Gasteiger partial charge in [0.15, 0.2) is 0 Å². The first kappa shape index (κ1) is 12.3. The van der Waals surface area contributed by atoms with Crippen molar-refractivity contribution in [2.45, 2.75) is 13.3 Å². The Morgan fingerprint density at radius 3 is 2.69 bits per heavy atom. The molecule has 0 saturated heterocycles. The van der Waals surface area contributed by atoms with Crippen molar-refractivity contribution in [2.75, 3.05) is 13.2 Å². The van der Waals surface area contributed by atoms with E-state index in [0.717, 1.165) is 12.2 Å². The highest BCUT2D eigenvalue weighted by atomic mass is 16.5. The number of carbonyl (C=O) groups excluding carboxylic acids is 1. The van der Waals surface area contributed by atoms with Gasteiger partial charge in [-0.25, -0.2) is 0 Å². The van der Waals surface area contributed by atoms with Gasteiger partial charge >= 0.3 is 0 Å². The summed E-state index contributed by atoms with van der Waals surface area (Å²) in [6.07, 6.45) is 2.62. The highest BCUT2D eigenvalue weighted by molar-refractivity contribution is 5.94. The van der Waals surface area contributed by atoms with Crippen molar-refractivity contribution in [3.05, 3.63) is 42.5 Å². The average molecular weight is 219 g/mol. The molecule has 0 aliphatic rings. The monoisotopic (exact) mass is 219 g/mol. The minimum atomic E-state index is -0.0954.